The molecule has 0 radical (unpaired) electrons. The van der Waals surface area contributed by atoms with Crippen molar-refractivity contribution in [3.63, 3.8) is 0 Å². The molecule has 0 aliphatic rings. The predicted octanol–water partition coefficient (Wildman–Crippen LogP) is 6.07. The Balaban J connectivity index is 2.00. The van der Waals surface area contributed by atoms with E-state index < -0.39 is 34.4 Å². The zero-order chi connectivity index (χ0) is 29.0. The summed E-state index contributed by atoms with van der Waals surface area (Å²) in [6, 6.07) is 6.24. The van der Waals surface area contributed by atoms with Crippen molar-refractivity contribution in [3.05, 3.63) is 52.7 Å². The Labute approximate surface area is 224 Å². The van der Waals surface area contributed by atoms with Gasteiger partial charge in [0.1, 0.15) is 18.1 Å². The molecule has 0 fully saturated rings. The minimum atomic E-state index is -4.81. The number of aryl methyl sites for hydroxylation is 1. The molecule has 39 heavy (non-hydrogen) atoms. The first kappa shape index (κ1) is 30.1. The highest BCUT2D eigenvalue weighted by molar-refractivity contribution is 6.31. The number of nitrogens with zero attached hydrogens (tertiary/aromatic N) is 2. The highest BCUT2D eigenvalue weighted by Crippen LogP contribution is 2.47. The number of carbonyl (C=O) groups excluding carboxylic acids is 1. The molecule has 7 nitrogen and oxygen atoms in total. The van der Waals surface area contributed by atoms with Crippen LogP contribution in [0.4, 0.5) is 26.3 Å². The minimum Gasteiger partial charge on any atom is -0.506 e. The van der Waals surface area contributed by atoms with Crippen LogP contribution in [0.15, 0.2) is 36.4 Å². The maximum atomic E-state index is 13.5. The van der Waals surface area contributed by atoms with Crippen LogP contribution in [0.1, 0.15) is 24.6 Å². The van der Waals surface area contributed by atoms with Gasteiger partial charge in [0.05, 0.1) is 28.5 Å². The van der Waals surface area contributed by atoms with Crippen LogP contribution >= 0.6 is 11.6 Å². The van der Waals surface area contributed by atoms with Crippen LogP contribution in [-0.4, -0.2) is 47.2 Å². The summed E-state index contributed by atoms with van der Waals surface area (Å²) in [6.45, 7) is 2.19. The third-order valence-electron chi connectivity index (χ3n) is 5.48. The van der Waals surface area contributed by atoms with Crippen LogP contribution < -0.4 is 10.1 Å². The number of aromatic hydroxyl groups is 1. The lowest BCUT2D eigenvalue weighted by atomic mass is 9.97. The van der Waals surface area contributed by atoms with E-state index in [1.54, 1.807) is 6.92 Å². The van der Waals surface area contributed by atoms with Gasteiger partial charge in [0.15, 0.2) is 5.69 Å². The first-order chi connectivity index (χ1) is 18.2. The average Bonchev–Trinajstić information content (AvgIpc) is 3.24. The number of aromatic nitrogens is 2. The SMILES string of the molecule is CCOCC(=O)NCCCOc1ccc(-c2cc(C(F)(F)F)nn2C)c(O)c1-c1ccc(Cl)c(C(F)(F)F)c1. The van der Waals surface area contributed by atoms with Gasteiger partial charge >= 0.3 is 12.4 Å². The van der Waals surface area contributed by atoms with Gasteiger partial charge in [0, 0.05) is 25.8 Å². The largest absolute Gasteiger partial charge is 0.506 e. The van der Waals surface area contributed by atoms with Crippen LogP contribution in [0, 0.1) is 0 Å². The zero-order valence-corrected chi connectivity index (χ0v) is 21.5. The Morgan fingerprint density at radius 3 is 2.44 bits per heavy atom. The van der Waals surface area contributed by atoms with Gasteiger partial charge in [0.2, 0.25) is 5.91 Å². The van der Waals surface area contributed by atoms with E-state index in [2.05, 4.69) is 10.4 Å². The molecule has 1 heterocycles. The zero-order valence-electron chi connectivity index (χ0n) is 20.7. The highest BCUT2D eigenvalue weighted by atomic mass is 35.5. The number of nitrogens with one attached hydrogen (secondary N) is 1. The van der Waals surface area contributed by atoms with E-state index >= 15 is 0 Å². The van der Waals surface area contributed by atoms with E-state index in [0.717, 1.165) is 10.7 Å². The van der Waals surface area contributed by atoms with Gasteiger partial charge < -0.3 is 19.9 Å². The van der Waals surface area contributed by atoms with Crippen LogP contribution in [0.5, 0.6) is 11.5 Å². The van der Waals surface area contributed by atoms with Gasteiger partial charge in [-0.1, -0.05) is 17.7 Å². The third kappa shape index (κ3) is 7.35. The topological polar surface area (TPSA) is 85.6 Å². The lowest BCUT2D eigenvalue weighted by Gasteiger charge is -2.18. The molecule has 3 aromatic rings. The Hall–Kier alpha value is -3.45. The molecule has 212 valence electrons. The summed E-state index contributed by atoms with van der Waals surface area (Å²) in [5.41, 5.74) is -2.95. The quantitative estimate of drug-likeness (QED) is 0.225. The summed E-state index contributed by atoms with van der Waals surface area (Å²) < 4.78 is 91.9. The summed E-state index contributed by atoms with van der Waals surface area (Å²) in [6.07, 6.45) is -9.27. The monoisotopic (exact) mass is 579 g/mol. The predicted molar refractivity (Wildman–Crippen MR) is 130 cm³/mol. The van der Waals surface area contributed by atoms with Crippen LogP contribution in [0.25, 0.3) is 22.4 Å². The van der Waals surface area contributed by atoms with Crippen molar-refractivity contribution in [1.82, 2.24) is 15.1 Å². The Kier molecular flexibility index (Phi) is 9.38. The van der Waals surface area contributed by atoms with Crippen LogP contribution in [0.2, 0.25) is 5.02 Å². The summed E-state index contributed by atoms with van der Waals surface area (Å²) in [5.74, 6) is -0.995. The van der Waals surface area contributed by atoms with Gasteiger partial charge in [0.25, 0.3) is 0 Å². The van der Waals surface area contributed by atoms with Crippen molar-refractivity contribution < 1.29 is 45.7 Å². The van der Waals surface area contributed by atoms with Crippen molar-refractivity contribution >= 4 is 17.5 Å². The number of hydrogen-bond acceptors (Lipinski definition) is 5. The molecule has 1 amide bonds. The van der Waals surface area contributed by atoms with Crippen molar-refractivity contribution in [2.24, 2.45) is 7.05 Å². The van der Waals surface area contributed by atoms with E-state index in [1.165, 1.54) is 25.2 Å². The summed E-state index contributed by atoms with van der Waals surface area (Å²) in [7, 11) is 1.23. The number of halogens is 7. The number of alkyl halides is 6. The van der Waals surface area contributed by atoms with Crippen LogP contribution in [-0.2, 0) is 28.9 Å². The Morgan fingerprint density at radius 2 is 1.82 bits per heavy atom. The molecule has 1 aromatic heterocycles. The number of phenolic OH excluding ortho intramolecular Hbond substituents is 1. The van der Waals surface area contributed by atoms with Gasteiger partial charge in [-0.05, 0) is 49.2 Å². The lowest BCUT2D eigenvalue weighted by molar-refractivity contribution is -0.141. The second-order valence-electron chi connectivity index (χ2n) is 8.25. The molecule has 14 heteroatoms. The second kappa shape index (κ2) is 12.2. The van der Waals surface area contributed by atoms with E-state index in [0.29, 0.717) is 25.2 Å². The minimum absolute atomic E-state index is 0.00957. The average molecular weight is 580 g/mol. The first-order valence-corrected chi connectivity index (χ1v) is 11.9. The number of amides is 1. The van der Waals surface area contributed by atoms with Crippen molar-refractivity contribution in [3.8, 4) is 33.9 Å². The fourth-order valence-corrected chi connectivity index (χ4v) is 3.89. The van der Waals surface area contributed by atoms with Gasteiger partial charge in [-0.3, -0.25) is 9.48 Å². The van der Waals surface area contributed by atoms with E-state index in [1.807, 2.05) is 0 Å². The second-order valence-corrected chi connectivity index (χ2v) is 8.66. The molecule has 2 N–H and O–H groups in total. The maximum absolute atomic E-state index is 13.5. The third-order valence-corrected chi connectivity index (χ3v) is 5.81. The van der Waals surface area contributed by atoms with Gasteiger partial charge in [-0.15, -0.1) is 0 Å². The van der Waals surface area contributed by atoms with E-state index in [4.69, 9.17) is 21.1 Å². The molecule has 0 spiro atoms. The number of rotatable bonds is 10. The fourth-order valence-electron chi connectivity index (χ4n) is 3.66. The first-order valence-electron chi connectivity index (χ1n) is 11.6. The van der Waals surface area contributed by atoms with Crippen LogP contribution in [0.3, 0.4) is 0 Å². The van der Waals surface area contributed by atoms with Crippen molar-refractivity contribution in [2.45, 2.75) is 25.7 Å². The smallest absolute Gasteiger partial charge is 0.435 e. The number of hydrogen-bond donors (Lipinski definition) is 2. The molecular formula is C25H24ClF6N3O4. The summed E-state index contributed by atoms with van der Waals surface area (Å²) >= 11 is 5.74. The Bertz CT molecular complexity index is 1320. The summed E-state index contributed by atoms with van der Waals surface area (Å²) in [4.78, 5) is 11.6. The highest BCUT2D eigenvalue weighted by Gasteiger charge is 2.36. The molecule has 3 rings (SSSR count). The number of carbonyl (C=O) groups is 1. The molecule has 0 atom stereocenters. The number of ether oxygens (including phenoxy) is 2. The van der Waals surface area contributed by atoms with Gasteiger partial charge in [-0.2, -0.15) is 31.4 Å². The normalized spacial score (nSPS) is 12.0. The molecule has 2 aromatic carbocycles. The molecule has 0 unspecified atom stereocenters. The summed E-state index contributed by atoms with van der Waals surface area (Å²) in [5, 5.41) is 16.6. The van der Waals surface area contributed by atoms with Crippen molar-refractivity contribution in [2.75, 3.05) is 26.4 Å². The molecule has 0 bridgehead atoms. The molecule has 0 aliphatic heterocycles. The lowest BCUT2D eigenvalue weighted by Crippen LogP contribution is -2.29. The molecule has 0 saturated carbocycles. The number of benzene rings is 2. The van der Waals surface area contributed by atoms with E-state index in [9.17, 15) is 36.2 Å². The standard InChI is InChI=1S/C25H24ClF6N3O4/c1-3-38-13-21(36)33-9-4-10-39-19-8-6-15(18-12-20(25(30,31)32)34-35(18)2)23(37)22(19)14-5-7-17(26)16(11-14)24(27,28)29/h5-8,11-12,37H,3-4,9-10,13H2,1-2H3,(H,33,36). The number of phenols is 1. The molecule has 0 saturated heterocycles. The van der Waals surface area contributed by atoms with E-state index in [-0.39, 0.29) is 53.8 Å². The molecular weight excluding hydrogens is 556 g/mol. The van der Waals surface area contributed by atoms with Gasteiger partial charge in [-0.25, -0.2) is 0 Å². The fraction of sp³-hybridized carbons (Fsp3) is 0.360. The maximum Gasteiger partial charge on any atom is 0.435 e. The molecule has 0 aliphatic carbocycles. The Morgan fingerprint density at radius 1 is 1.10 bits per heavy atom. The van der Waals surface area contributed by atoms with Crippen molar-refractivity contribution in [1.29, 1.82) is 0 Å².